The van der Waals surface area contributed by atoms with E-state index in [1.165, 1.54) is 96.3 Å². The van der Waals surface area contributed by atoms with Crippen molar-refractivity contribution < 1.29 is 4.74 Å². The molecular weight excluding hydrogens is 352 g/mol. The van der Waals surface area contributed by atoms with Crippen LogP contribution in [0.5, 0.6) is 0 Å². The summed E-state index contributed by atoms with van der Waals surface area (Å²) in [4.78, 5) is 0. The van der Waals surface area contributed by atoms with Crippen LogP contribution in [0.25, 0.3) is 0 Å². The highest BCUT2D eigenvalue weighted by molar-refractivity contribution is 6.19. The summed E-state index contributed by atoms with van der Waals surface area (Å²) in [6.45, 7) is 3.05. The third kappa shape index (κ3) is 15.1. The molecule has 0 heterocycles. The van der Waals surface area contributed by atoms with Gasteiger partial charge in [0.15, 0.2) is 5.56 Å². The number of halogens is 1. The fourth-order valence-electron chi connectivity index (χ4n) is 3.54. The minimum atomic E-state index is -0.303. The predicted octanol–water partition coefficient (Wildman–Crippen LogP) is 9.20. The number of rotatable bonds is 19. The molecular formula is C25H43ClO. The minimum absolute atomic E-state index is 0.303. The Morgan fingerprint density at radius 1 is 0.630 bits per heavy atom. The third-order valence-corrected chi connectivity index (χ3v) is 5.70. The molecule has 1 atom stereocenters. The molecule has 0 saturated heterocycles. The quantitative estimate of drug-likeness (QED) is 0.168. The van der Waals surface area contributed by atoms with E-state index in [9.17, 15) is 0 Å². The molecule has 1 rings (SSSR count). The van der Waals surface area contributed by atoms with E-state index in [1.54, 1.807) is 0 Å². The SMILES string of the molecule is CCCCCCCCCCCCCCCCCCOC(Cl)c1ccccc1. The maximum atomic E-state index is 6.26. The molecule has 27 heavy (non-hydrogen) atoms. The molecule has 1 aromatic rings. The van der Waals surface area contributed by atoms with Crippen molar-refractivity contribution in [2.75, 3.05) is 6.61 Å². The fraction of sp³-hybridized carbons (Fsp3) is 0.760. The van der Waals surface area contributed by atoms with Gasteiger partial charge in [-0.05, 0) is 12.0 Å². The molecule has 0 saturated carbocycles. The van der Waals surface area contributed by atoms with Gasteiger partial charge in [0.05, 0.1) is 0 Å². The first-order chi connectivity index (χ1) is 13.3. The largest absolute Gasteiger partial charge is 0.358 e. The summed E-state index contributed by atoms with van der Waals surface area (Å²) in [5.41, 5.74) is 0.748. The first-order valence-electron chi connectivity index (χ1n) is 11.6. The molecule has 0 radical (unpaired) electrons. The molecule has 0 N–H and O–H groups in total. The average Bonchev–Trinajstić information content (AvgIpc) is 2.70. The summed E-state index contributed by atoms with van der Waals surface area (Å²) >= 11 is 6.26. The Morgan fingerprint density at radius 3 is 1.48 bits per heavy atom. The van der Waals surface area contributed by atoms with Gasteiger partial charge in [0.25, 0.3) is 0 Å². The van der Waals surface area contributed by atoms with Crippen molar-refractivity contribution in [2.24, 2.45) is 0 Å². The molecule has 1 nitrogen and oxygen atoms in total. The normalized spacial score (nSPS) is 12.4. The van der Waals surface area contributed by atoms with Gasteiger partial charge in [-0.3, -0.25) is 0 Å². The molecule has 0 fully saturated rings. The smallest absolute Gasteiger partial charge is 0.156 e. The second kappa shape index (κ2) is 18.8. The number of unbranched alkanes of at least 4 members (excludes halogenated alkanes) is 15. The molecule has 0 aliphatic heterocycles. The van der Waals surface area contributed by atoms with Crippen LogP contribution in [0.1, 0.15) is 121 Å². The first kappa shape index (κ1) is 24.5. The lowest BCUT2D eigenvalue weighted by Gasteiger charge is -2.11. The summed E-state index contributed by atoms with van der Waals surface area (Å²) in [6.07, 6.45) is 22.3. The topological polar surface area (TPSA) is 9.23 Å². The monoisotopic (exact) mass is 394 g/mol. The van der Waals surface area contributed by atoms with E-state index in [0.717, 1.165) is 18.6 Å². The maximum Gasteiger partial charge on any atom is 0.156 e. The molecule has 0 aromatic heterocycles. The van der Waals surface area contributed by atoms with Gasteiger partial charge in [-0.15, -0.1) is 0 Å². The van der Waals surface area contributed by atoms with E-state index in [4.69, 9.17) is 16.3 Å². The Balaban J connectivity index is 1.74. The van der Waals surface area contributed by atoms with Crippen molar-refractivity contribution >= 4 is 11.6 Å². The summed E-state index contributed by atoms with van der Waals surface area (Å²) < 4.78 is 5.71. The number of hydrogen-bond donors (Lipinski definition) is 0. The third-order valence-electron chi connectivity index (χ3n) is 5.32. The second-order valence-corrected chi connectivity index (χ2v) is 8.30. The highest BCUT2D eigenvalue weighted by Crippen LogP contribution is 2.21. The van der Waals surface area contributed by atoms with Gasteiger partial charge in [-0.1, -0.05) is 145 Å². The molecule has 2 heteroatoms. The molecule has 1 aromatic carbocycles. The minimum Gasteiger partial charge on any atom is -0.358 e. The van der Waals surface area contributed by atoms with E-state index in [2.05, 4.69) is 6.92 Å². The number of hydrogen-bond acceptors (Lipinski definition) is 1. The summed E-state index contributed by atoms with van der Waals surface area (Å²) in [7, 11) is 0. The van der Waals surface area contributed by atoms with Crippen LogP contribution in [0.4, 0.5) is 0 Å². The van der Waals surface area contributed by atoms with Gasteiger partial charge in [0, 0.05) is 6.61 Å². The van der Waals surface area contributed by atoms with E-state index in [-0.39, 0.29) is 5.56 Å². The zero-order chi connectivity index (χ0) is 19.4. The van der Waals surface area contributed by atoms with Crippen molar-refractivity contribution in [1.82, 2.24) is 0 Å². The standard InChI is InChI=1S/C25H43ClO/c1-2-3-4-5-6-7-8-9-10-11-12-13-14-15-16-20-23-27-25(26)24-21-18-17-19-22-24/h17-19,21-22,25H,2-16,20,23H2,1H3. The summed E-state index contributed by atoms with van der Waals surface area (Å²) in [5, 5.41) is 0. The Morgan fingerprint density at radius 2 is 1.04 bits per heavy atom. The molecule has 156 valence electrons. The van der Waals surface area contributed by atoms with Crippen LogP contribution in [0.2, 0.25) is 0 Å². The van der Waals surface area contributed by atoms with Gasteiger partial charge < -0.3 is 4.74 Å². The summed E-state index contributed by atoms with van der Waals surface area (Å²) in [5.74, 6) is 0. The van der Waals surface area contributed by atoms with Gasteiger partial charge in [0.2, 0.25) is 0 Å². The molecule has 1 unspecified atom stereocenters. The van der Waals surface area contributed by atoms with Crippen molar-refractivity contribution in [2.45, 2.75) is 115 Å². The first-order valence-corrected chi connectivity index (χ1v) is 12.1. The van der Waals surface area contributed by atoms with Gasteiger partial charge in [-0.2, -0.15) is 0 Å². The Bertz CT molecular complexity index is 406. The lowest BCUT2D eigenvalue weighted by atomic mass is 10.0. The van der Waals surface area contributed by atoms with Gasteiger partial charge in [0.1, 0.15) is 0 Å². The average molecular weight is 395 g/mol. The van der Waals surface area contributed by atoms with Gasteiger partial charge >= 0.3 is 0 Å². The van der Waals surface area contributed by atoms with E-state index in [1.807, 2.05) is 30.3 Å². The number of benzene rings is 1. The number of ether oxygens (including phenoxy) is 1. The highest BCUT2D eigenvalue weighted by Gasteiger charge is 2.06. The zero-order valence-corrected chi connectivity index (χ0v) is 18.5. The maximum absolute atomic E-state index is 6.26. The molecule has 0 bridgehead atoms. The van der Waals surface area contributed by atoms with Crippen LogP contribution in [-0.4, -0.2) is 6.61 Å². The van der Waals surface area contributed by atoms with E-state index in [0.29, 0.717) is 0 Å². The Hall–Kier alpha value is -0.530. The zero-order valence-electron chi connectivity index (χ0n) is 17.8. The van der Waals surface area contributed by atoms with Crippen molar-refractivity contribution in [1.29, 1.82) is 0 Å². The lowest BCUT2D eigenvalue weighted by molar-refractivity contribution is 0.104. The van der Waals surface area contributed by atoms with Gasteiger partial charge in [-0.25, -0.2) is 0 Å². The molecule has 0 aliphatic carbocycles. The van der Waals surface area contributed by atoms with Crippen molar-refractivity contribution in [3.8, 4) is 0 Å². The van der Waals surface area contributed by atoms with Crippen LogP contribution < -0.4 is 0 Å². The Labute approximate surface area is 174 Å². The lowest BCUT2D eigenvalue weighted by Crippen LogP contribution is -1.99. The highest BCUT2D eigenvalue weighted by atomic mass is 35.5. The fourth-order valence-corrected chi connectivity index (χ4v) is 3.77. The second-order valence-electron chi connectivity index (χ2n) is 7.90. The van der Waals surface area contributed by atoms with Crippen LogP contribution >= 0.6 is 11.6 Å². The molecule has 0 amide bonds. The molecule has 0 aliphatic rings. The number of alkyl halides is 1. The summed E-state index contributed by atoms with van der Waals surface area (Å²) in [6, 6.07) is 10.0. The predicted molar refractivity (Wildman–Crippen MR) is 121 cm³/mol. The van der Waals surface area contributed by atoms with E-state index < -0.39 is 0 Å². The van der Waals surface area contributed by atoms with Crippen LogP contribution in [-0.2, 0) is 4.74 Å². The van der Waals surface area contributed by atoms with Crippen LogP contribution in [0.15, 0.2) is 30.3 Å². The Kier molecular flexibility index (Phi) is 17.1. The van der Waals surface area contributed by atoms with Crippen LogP contribution in [0, 0.1) is 0 Å². The van der Waals surface area contributed by atoms with Crippen molar-refractivity contribution in [3.63, 3.8) is 0 Å². The van der Waals surface area contributed by atoms with Crippen LogP contribution in [0.3, 0.4) is 0 Å². The van der Waals surface area contributed by atoms with Crippen molar-refractivity contribution in [3.05, 3.63) is 35.9 Å². The van der Waals surface area contributed by atoms with E-state index >= 15 is 0 Å². The molecule has 0 spiro atoms.